The number of aromatic nitrogens is 3. The van der Waals surface area contributed by atoms with Gasteiger partial charge in [-0.2, -0.15) is 5.10 Å². The number of nitrogens with zero attached hydrogens (tertiary/aromatic N) is 5. The van der Waals surface area contributed by atoms with Crippen molar-refractivity contribution in [1.29, 1.82) is 0 Å². The molecule has 2 aromatic heterocycles. The number of hydrogen-bond acceptors (Lipinski definition) is 4. The molecule has 2 aromatic rings. The normalized spacial score (nSPS) is 21.3. The molecule has 2 aliphatic rings. The van der Waals surface area contributed by atoms with E-state index in [0.29, 0.717) is 11.2 Å². The fourth-order valence-electron chi connectivity index (χ4n) is 3.68. The molecular formula is C16H21N5O. The maximum Gasteiger partial charge on any atom is 0.259 e. The first-order valence-corrected chi connectivity index (χ1v) is 7.90. The van der Waals surface area contributed by atoms with E-state index < -0.39 is 0 Å². The summed E-state index contributed by atoms with van der Waals surface area (Å²) in [7, 11) is 2.15. The second kappa shape index (κ2) is 4.78. The van der Waals surface area contributed by atoms with Crippen molar-refractivity contribution >= 4 is 11.6 Å². The first-order valence-electron chi connectivity index (χ1n) is 7.90. The highest BCUT2D eigenvalue weighted by atomic mass is 16.2. The third-order valence-corrected chi connectivity index (χ3v) is 5.25. The van der Waals surface area contributed by atoms with Crippen LogP contribution in [0.25, 0.3) is 5.65 Å². The summed E-state index contributed by atoms with van der Waals surface area (Å²) in [5.74, 6) is 0.0853. The highest BCUT2D eigenvalue weighted by Gasteiger charge is 2.48. The van der Waals surface area contributed by atoms with Crippen LogP contribution in [-0.4, -0.2) is 62.5 Å². The molecular weight excluding hydrogens is 278 g/mol. The number of carbonyl (C=O) groups is 1. The van der Waals surface area contributed by atoms with Gasteiger partial charge in [-0.15, -0.1) is 0 Å². The van der Waals surface area contributed by atoms with Crippen molar-refractivity contribution in [3.63, 3.8) is 0 Å². The minimum atomic E-state index is 0.0720. The SMILES string of the molecule is Cc1cnc2c(C(=O)N3CCC34CCN(C)CC4)cnn2c1. The van der Waals surface area contributed by atoms with E-state index in [2.05, 4.69) is 26.9 Å². The molecule has 0 bridgehead atoms. The number of amides is 1. The van der Waals surface area contributed by atoms with Gasteiger partial charge in [0.05, 0.1) is 6.20 Å². The molecule has 1 amide bonds. The van der Waals surface area contributed by atoms with Crippen molar-refractivity contribution in [3.05, 3.63) is 29.7 Å². The average Bonchev–Trinajstić information content (AvgIpc) is 2.90. The molecule has 4 rings (SSSR count). The van der Waals surface area contributed by atoms with Crippen molar-refractivity contribution < 1.29 is 4.79 Å². The van der Waals surface area contributed by atoms with Crippen molar-refractivity contribution in [1.82, 2.24) is 24.4 Å². The Labute approximate surface area is 129 Å². The predicted octanol–water partition coefficient (Wildman–Crippen LogP) is 1.35. The molecule has 2 saturated heterocycles. The molecule has 22 heavy (non-hydrogen) atoms. The first-order chi connectivity index (χ1) is 10.6. The smallest absolute Gasteiger partial charge is 0.259 e. The van der Waals surface area contributed by atoms with Crippen LogP contribution in [-0.2, 0) is 0 Å². The second-order valence-electron chi connectivity index (χ2n) is 6.69. The Morgan fingerprint density at radius 1 is 1.18 bits per heavy atom. The lowest BCUT2D eigenvalue weighted by Crippen LogP contribution is -2.65. The van der Waals surface area contributed by atoms with Crippen LogP contribution in [0.4, 0.5) is 0 Å². The Kier molecular flexibility index (Phi) is 2.97. The van der Waals surface area contributed by atoms with Crippen molar-refractivity contribution in [2.24, 2.45) is 0 Å². The molecule has 4 heterocycles. The minimum Gasteiger partial charge on any atom is -0.333 e. The summed E-state index contributed by atoms with van der Waals surface area (Å²) in [4.78, 5) is 21.7. The third-order valence-electron chi connectivity index (χ3n) is 5.25. The zero-order chi connectivity index (χ0) is 15.3. The summed E-state index contributed by atoms with van der Waals surface area (Å²) < 4.78 is 1.70. The predicted molar refractivity (Wildman–Crippen MR) is 82.8 cm³/mol. The molecule has 1 spiro atoms. The first kappa shape index (κ1) is 13.7. The van der Waals surface area contributed by atoms with Gasteiger partial charge in [0.1, 0.15) is 5.56 Å². The minimum absolute atomic E-state index is 0.0720. The van der Waals surface area contributed by atoms with E-state index in [4.69, 9.17) is 0 Å². The number of hydrogen-bond donors (Lipinski definition) is 0. The molecule has 6 heteroatoms. The number of likely N-dealkylation sites (tertiary alicyclic amines) is 2. The molecule has 0 aromatic carbocycles. The van der Waals surface area contributed by atoms with Crippen molar-refractivity contribution in [2.45, 2.75) is 31.7 Å². The average molecular weight is 299 g/mol. The van der Waals surface area contributed by atoms with E-state index in [1.807, 2.05) is 13.1 Å². The van der Waals surface area contributed by atoms with E-state index in [1.165, 1.54) is 0 Å². The van der Waals surface area contributed by atoms with Crippen LogP contribution in [0.5, 0.6) is 0 Å². The number of aryl methyl sites for hydroxylation is 1. The number of piperidine rings is 1. The highest BCUT2D eigenvalue weighted by Crippen LogP contribution is 2.40. The van der Waals surface area contributed by atoms with Gasteiger partial charge in [-0.3, -0.25) is 4.79 Å². The van der Waals surface area contributed by atoms with Crippen LogP contribution in [0.3, 0.4) is 0 Å². The van der Waals surface area contributed by atoms with Gasteiger partial charge in [0.2, 0.25) is 0 Å². The number of carbonyl (C=O) groups excluding carboxylic acids is 1. The monoisotopic (exact) mass is 299 g/mol. The van der Waals surface area contributed by atoms with Crippen molar-refractivity contribution in [3.8, 4) is 0 Å². The largest absolute Gasteiger partial charge is 0.333 e. The summed E-state index contributed by atoms with van der Waals surface area (Å²) in [6.07, 6.45) is 8.61. The molecule has 0 aliphatic carbocycles. The fraction of sp³-hybridized carbons (Fsp3) is 0.562. The number of rotatable bonds is 1. The summed E-state index contributed by atoms with van der Waals surface area (Å²) >= 11 is 0. The Morgan fingerprint density at radius 2 is 1.91 bits per heavy atom. The van der Waals surface area contributed by atoms with Crippen molar-refractivity contribution in [2.75, 3.05) is 26.7 Å². The molecule has 2 aliphatic heterocycles. The Bertz CT molecular complexity index is 729. The topological polar surface area (TPSA) is 53.7 Å². The van der Waals surface area contributed by atoms with E-state index in [0.717, 1.165) is 44.5 Å². The molecule has 0 atom stereocenters. The zero-order valence-corrected chi connectivity index (χ0v) is 13.1. The lowest BCUT2D eigenvalue weighted by molar-refractivity contribution is -0.0349. The van der Waals surface area contributed by atoms with Crippen LogP contribution in [0, 0.1) is 6.92 Å². The number of fused-ring (bicyclic) bond motifs is 1. The Hall–Kier alpha value is -1.95. The van der Waals surface area contributed by atoms with Gasteiger partial charge in [-0.05, 0) is 38.8 Å². The zero-order valence-electron chi connectivity index (χ0n) is 13.1. The summed E-state index contributed by atoms with van der Waals surface area (Å²) in [5, 5.41) is 4.29. The van der Waals surface area contributed by atoms with Crippen LogP contribution < -0.4 is 0 Å². The van der Waals surface area contributed by atoms with Gasteiger partial charge < -0.3 is 9.80 Å². The second-order valence-corrected chi connectivity index (χ2v) is 6.69. The fourth-order valence-corrected chi connectivity index (χ4v) is 3.68. The van der Waals surface area contributed by atoms with Gasteiger partial charge in [-0.25, -0.2) is 9.50 Å². The molecule has 6 nitrogen and oxygen atoms in total. The quantitative estimate of drug-likeness (QED) is 0.797. The highest BCUT2D eigenvalue weighted by molar-refractivity contribution is 6.00. The molecule has 0 radical (unpaired) electrons. The van der Waals surface area contributed by atoms with E-state index >= 15 is 0 Å². The maximum absolute atomic E-state index is 13.0. The van der Waals surface area contributed by atoms with E-state index in [1.54, 1.807) is 16.9 Å². The lowest BCUT2D eigenvalue weighted by atomic mass is 9.76. The van der Waals surface area contributed by atoms with Gasteiger partial charge in [0.15, 0.2) is 5.65 Å². The van der Waals surface area contributed by atoms with Crippen LogP contribution in [0.2, 0.25) is 0 Å². The van der Waals surface area contributed by atoms with Gasteiger partial charge in [0, 0.05) is 37.6 Å². The molecule has 2 fully saturated rings. The molecule has 0 unspecified atom stereocenters. The van der Waals surface area contributed by atoms with Gasteiger partial charge in [0.25, 0.3) is 5.91 Å². The third kappa shape index (κ3) is 1.94. The standard InChI is InChI=1S/C16H21N5O/c1-12-9-17-14-13(10-18-21(14)11-12)15(22)20-8-5-16(20)3-6-19(2)7-4-16/h9-11H,3-8H2,1-2H3. The van der Waals surface area contributed by atoms with Crippen LogP contribution in [0.1, 0.15) is 35.2 Å². The lowest BCUT2D eigenvalue weighted by Gasteiger charge is -2.56. The Balaban J connectivity index is 1.63. The van der Waals surface area contributed by atoms with E-state index in [-0.39, 0.29) is 11.4 Å². The maximum atomic E-state index is 13.0. The van der Waals surface area contributed by atoms with Gasteiger partial charge in [-0.1, -0.05) is 0 Å². The Morgan fingerprint density at radius 3 is 2.59 bits per heavy atom. The molecule has 0 saturated carbocycles. The summed E-state index contributed by atoms with van der Waals surface area (Å²) in [6, 6.07) is 0. The summed E-state index contributed by atoms with van der Waals surface area (Å²) in [6.45, 7) is 4.95. The summed E-state index contributed by atoms with van der Waals surface area (Å²) in [5.41, 5.74) is 2.39. The molecule has 116 valence electrons. The van der Waals surface area contributed by atoms with Crippen LogP contribution >= 0.6 is 0 Å². The molecule has 0 N–H and O–H groups in total. The van der Waals surface area contributed by atoms with Gasteiger partial charge >= 0.3 is 0 Å². The van der Waals surface area contributed by atoms with Crippen LogP contribution in [0.15, 0.2) is 18.6 Å². The van der Waals surface area contributed by atoms with E-state index in [9.17, 15) is 4.79 Å².